The molecule has 158 valence electrons. The van der Waals surface area contributed by atoms with E-state index in [4.69, 9.17) is 19.9 Å². The Kier molecular flexibility index (Phi) is 8.43. The summed E-state index contributed by atoms with van der Waals surface area (Å²) in [4.78, 5) is 5.23. The largest absolute Gasteiger partial charge is 0.490 e. The van der Waals surface area contributed by atoms with Crippen molar-refractivity contribution in [3.05, 3.63) is 18.2 Å². The third kappa shape index (κ3) is 6.27. The number of alkyl halides is 3. The minimum absolute atomic E-state index is 0. The van der Waals surface area contributed by atoms with E-state index in [2.05, 4.69) is 10.3 Å². The number of nitrogens with two attached hydrogens (primary N) is 1. The van der Waals surface area contributed by atoms with Crippen LogP contribution >= 0.6 is 24.0 Å². The molecule has 2 aliphatic rings. The summed E-state index contributed by atoms with van der Waals surface area (Å²) in [5.41, 5.74) is 6.36. The lowest BCUT2D eigenvalue weighted by molar-refractivity contribution is -0.188. The van der Waals surface area contributed by atoms with Gasteiger partial charge in [-0.25, -0.2) is 0 Å². The highest BCUT2D eigenvalue weighted by Crippen LogP contribution is 2.32. The zero-order valence-electron chi connectivity index (χ0n) is 15.2. The van der Waals surface area contributed by atoms with Crippen molar-refractivity contribution in [1.29, 1.82) is 0 Å². The first-order valence-corrected chi connectivity index (χ1v) is 8.78. The van der Waals surface area contributed by atoms with Crippen LogP contribution in [0.5, 0.6) is 11.5 Å². The van der Waals surface area contributed by atoms with E-state index in [0.717, 1.165) is 6.42 Å². The van der Waals surface area contributed by atoms with E-state index in [1.54, 1.807) is 18.2 Å². The number of hydrogen-bond donors (Lipinski definition) is 2. The summed E-state index contributed by atoms with van der Waals surface area (Å²) < 4.78 is 56.3. The number of aliphatic imine (C=N–C) groups is 1. The molecule has 2 heterocycles. The fraction of sp³-hybridized carbons (Fsp3) is 0.588. The summed E-state index contributed by atoms with van der Waals surface area (Å²) in [7, 11) is 0. The quantitative estimate of drug-likeness (QED) is 0.364. The third-order valence-electron chi connectivity index (χ3n) is 4.32. The first-order valence-electron chi connectivity index (χ1n) is 8.78. The molecule has 28 heavy (non-hydrogen) atoms. The smallest absolute Gasteiger partial charge is 0.405 e. The second kappa shape index (κ2) is 10.3. The van der Waals surface area contributed by atoms with E-state index < -0.39 is 18.8 Å². The zero-order valence-corrected chi connectivity index (χ0v) is 17.5. The lowest BCUT2D eigenvalue weighted by Crippen LogP contribution is -2.52. The van der Waals surface area contributed by atoms with Crippen LogP contribution in [0.2, 0.25) is 0 Å². The number of guanidine groups is 1. The van der Waals surface area contributed by atoms with E-state index in [1.165, 1.54) is 4.90 Å². The molecule has 1 aromatic rings. The van der Waals surface area contributed by atoms with Gasteiger partial charge < -0.3 is 25.3 Å². The number of ether oxygens (including phenoxy) is 3. The monoisotopic (exact) mass is 516 g/mol. The molecule has 1 fully saturated rings. The molecule has 1 saturated heterocycles. The number of halogens is 4. The molecule has 1 aromatic carbocycles. The maximum atomic E-state index is 13.4. The van der Waals surface area contributed by atoms with E-state index in [0.29, 0.717) is 30.4 Å². The molecule has 0 amide bonds. The molecule has 0 bridgehead atoms. The van der Waals surface area contributed by atoms with E-state index in [1.807, 2.05) is 0 Å². The molecule has 7 nitrogen and oxygen atoms in total. The molecule has 0 aromatic heterocycles. The van der Waals surface area contributed by atoms with Gasteiger partial charge in [0.15, 0.2) is 17.5 Å². The second-order valence-electron chi connectivity index (χ2n) is 6.27. The molecule has 0 radical (unpaired) electrons. The average Bonchev–Trinajstić information content (AvgIpc) is 2.86. The number of benzene rings is 1. The number of nitrogens with zero attached hydrogens (tertiary/aromatic N) is 2. The molecule has 11 heteroatoms. The van der Waals surface area contributed by atoms with Gasteiger partial charge in [0.2, 0.25) is 0 Å². The van der Waals surface area contributed by atoms with Crippen LogP contribution in [0, 0.1) is 0 Å². The summed E-state index contributed by atoms with van der Waals surface area (Å²) in [6, 6.07) is 3.43. The number of hydrogen-bond acceptors (Lipinski definition) is 5. The highest BCUT2D eigenvalue weighted by molar-refractivity contribution is 14.0. The average molecular weight is 516 g/mol. The Balaban J connectivity index is 0.00000280. The van der Waals surface area contributed by atoms with Crippen molar-refractivity contribution >= 4 is 35.6 Å². The summed E-state index contributed by atoms with van der Waals surface area (Å²) in [5.74, 6) is 1.09. The Morgan fingerprint density at radius 1 is 1.14 bits per heavy atom. The van der Waals surface area contributed by atoms with Crippen LogP contribution in [-0.2, 0) is 4.74 Å². The van der Waals surface area contributed by atoms with Crippen LogP contribution in [0.1, 0.15) is 6.42 Å². The normalized spacial score (nSPS) is 19.3. The van der Waals surface area contributed by atoms with Crippen molar-refractivity contribution in [3.8, 4) is 11.5 Å². The van der Waals surface area contributed by atoms with Gasteiger partial charge in [-0.15, -0.1) is 24.0 Å². The molecular weight excluding hydrogens is 492 g/mol. The number of rotatable bonds is 4. The maximum absolute atomic E-state index is 13.4. The molecule has 3 rings (SSSR count). The van der Waals surface area contributed by atoms with Crippen molar-refractivity contribution in [2.45, 2.75) is 18.6 Å². The van der Waals surface area contributed by atoms with E-state index in [9.17, 15) is 13.2 Å². The molecule has 0 saturated carbocycles. The first kappa shape index (κ1) is 22.8. The first-order chi connectivity index (χ1) is 12.9. The fourth-order valence-electron chi connectivity index (χ4n) is 2.93. The van der Waals surface area contributed by atoms with Crippen molar-refractivity contribution in [1.82, 2.24) is 4.90 Å². The Morgan fingerprint density at radius 2 is 1.82 bits per heavy atom. The summed E-state index contributed by atoms with van der Waals surface area (Å²) in [6.45, 7) is 1.62. The zero-order chi connectivity index (χ0) is 19.3. The number of nitrogens with one attached hydrogen (secondary N) is 1. The molecule has 0 spiro atoms. The highest BCUT2D eigenvalue weighted by atomic mass is 127. The van der Waals surface area contributed by atoms with Gasteiger partial charge in [0.1, 0.15) is 6.04 Å². The standard InChI is InChI=1S/C17H23F3N4O3.HI/c18-17(19,20)15(24-4-8-25-9-5-24)11-22-16(21)23-12-2-3-13-14(10-12)27-7-1-6-26-13;/h2-3,10,15H,1,4-9,11H2,(H3,21,22,23);1H. The van der Waals surface area contributed by atoms with Crippen molar-refractivity contribution in [2.24, 2.45) is 10.7 Å². The number of fused-ring (bicyclic) bond motifs is 1. The van der Waals surface area contributed by atoms with Gasteiger partial charge in [-0.3, -0.25) is 9.89 Å². The van der Waals surface area contributed by atoms with Crippen molar-refractivity contribution < 1.29 is 27.4 Å². The maximum Gasteiger partial charge on any atom is 0.405 e. The highest BCUT2D eigenvalue weighted by Gasteiger charge is 2.43. The van der Waals surface area contributed by atoms with Gasteiger partial charge in [-0.2, -0.15) is 13.2 Å². The Hall–Kier alpha value is -1.47. The van der Waals surface area contributed by atoms with Crippen LogP contribution < -0.4 is 20.5 Å². The van der Waals surface area contributed by atoms with E-state index >= 15 is 0 Å². The molecule has 1 unspecified atom stereocenters. The lowest BCUT2D eigenvalue weighted by atomic mass is 10.2. The second-order valence-corrected chi connectivity index (χ2v) is 6.27. The van der Waals surface area contributed by atoms with Crippen LogP contribution in [0.3, 0.4) is 0 Å². The van der Waals surface area contributed by atoms with Crippen LogP contribution in [0.15, 0.2) is 23.2 Å². The predicted molar refractivity (Wildman–Crippen MR) is 110 cm³/mol. The Labute approximate surface area is 178 Å². The van der Waals surface area contributed by atoms with E-state index in [-0.39, 0.29) is 56.2 Å². The topological polar surface area (TPSA) is 81.3 Å². The fourth-order valence-corrected chi connectivity index (χ4v) is 2.93. The summed E-state index contributed by atoms with van der Waals surface area (Å²) in [6.07, 6.45) is -3.61. The molecule has 2 aliphatic heterocycles. The van der Waals surface area contributed by atoms with Gasteiger partial charge in [-0.05, 0) is 12.1 Å². The van der Waals surface area contributed by atoms with Gasteiger partial charge >= 0.3 is 6.18 Å². The van der Waals surface area contributed by atoms with Gasteiger partial charge in [-0.1, -0.05) is 0 Å². The minimum atomic E-state index is -4.39. The summed E-state index contributed by atoms with van der Waals surface area (Å²) in [5, 5.41) is 2.80. The van der Waals surface area contributed by atoms with Crippen molar-refractivity contribution in [3.63, 3.8) is 0 Å². The number of anilines is 1. The van der Waals surface area contributed by atoms with Gasteiger partial charge in [0, 0.05) is 31.3 Å². The SMILES string of the molecule is I.NC(=NCC(N1CCOCC1)C(F)(F)F)Nc1ccc2c(c1)OCCCO2. The Bertz CT molecular complexity index is 670. The minimum Gasteiger partial charge on any atom is -0.490 e. The number of morpholine rings is 1. The van der Waals surface area contributed by atoms with Crippen LogP contribution in [-0.4, -0.2) is 69.1 Å². The Morgan fingerprint density at radius 3 is 2.50 bits per heavy atom. The van der Waals surface area contributed by atoms with Gasteiger partial charge in [0.25, 0.3) is 0 Å². The van der Waals surface area contributed by atoms with Crippen LogP contribution in [0.4, 0.5) is 18.9 Å². The molecule has 1 atom stereocenters. The molecular formula is C17H24F3IN4O3. The lowest BCUT2D eigenvalue weighted by Gasteiger charge is -2.34. The third-order valence-corrected chi connectivity index (χ3v) is 4.32. The van der Waals surface area contributed by atoms with Gasteiger partial charge in [0.05, 0.1) is 33.0 Å². The summed E-state index contributed by atoms with van der Waals surface area (Å²) >= 11 is 0. The predicted octanol–water partition coefficient (Wildman–Crippen LogP) is 2.46. The molecule has 3 N–H and O–H groups in total. The van der Waals surface area contributed by atoms with Crippen molar-refractivity contribution in [2.75, 3.05) is 51.4 Å². The molecule has 0 aliphatic carbocycles. The van der Waals surface area contributed by atoms with Crippen LogP contribution in [0.25, 0.3) is 0 Å².